The highest BCUT2D eigenvalue weighted by Gasteiger charge is 2.57. The zero-order chi connectivity index (χ0) is 22.9. The number of benzene rings is 2. The Bertz CT molecular complexity index is 1300. The van der Waals surface area contributed by atoms with Gasteiger partial charge in [-0.1, -0.05) is 24.3 Å². The van der Waals surface area contributed by atoms with E-state index in [9.17, 15) is 9.59 Å². The molecule has 7 nitrogen and oxygen atoms in total. The third kappa shape index (κ3) is 3.25. The number of rotatable bonds is 5. The Hall–Kier alpha value is -3.48. The number of aromatic nitrogens is 1. The Morgan fingerprint density at radius 3 is 2.53 bits per heavy atom. The van der Waals surface area contributed by atoms with Crippen molar-refractivity contribution >= 4 is 28.7 Å². The minimum absolute atomic E-state index is 0.123. The summed E-state index contributed by atoms with van der Waals surface area (Å²) in [5, 5.41) is 0. The molecule has 2 saturated carbocycles. The normalized spacial score (nSPS) is 23.2. The molecule has 2 aliphatic heterocycles. The second-order valence-corrected chi connectivity index (χ2v) is 10.2. The van der Waals surface area contributed by atoms with Crippen LogP contribution in [0, 0.1) is 11.8 Å². The van der Waals surface area contributed by atoms with Crippen LogP contribution < -0.4 is 0 Å². The van der Waals surface area contributed by atoms with Crippen molar-refractivity contribution < 1.29 is 14.0 Å². The molecule has 1 atom stereocenters. The summed E-state index contributed by atoms with van der Waals surface area (Å²) >= 11 is 0. The standard InChI is InChI=1S/C27H26N4O3/c32-25(20-9-10-20)30-14-11-17(15-30)16-31-23(29-27(12-13-27)26(31)33)18-5-7-19(8-6-18)24-28-21-3-1-2-4-22(21)34-24/h1-8,17,20H,9-16H2. The molecule has 172 valence electrons. The molecular weight excluding hydrogens is 428 g/mol. The van der Waals surface area contributed by atoms with Crippen LogP contribution in [-0.2, 0) is 9.59 Å². The van der Waals surface area contributed by atoms with Gasteiger partial charge in [0.1, 0.15) is 16.9 Å². The average molecular weight is 455 g/mol. The number of fused-ring (bicyclic) bond motifs is 1. The van der Waals surface area contributed by atoms with Gasteiger partial charge in [0.15, 0.2) is 5.58 Å². The predicted molar refractivity (Wildman–Crippen MR) is 127 cm³/mol. The summed E-state index contributed by atoms with van der Waals surface area (Å²) in [6.45, 7) is 2.18. The van der Waals surface area contributed by atoms with Gasteiger partial charge < -0.3 is 9.32 Å². The zero-order valence-corrected chi connectivity index (χ0v) is 18.9. The first-order valence-corrected chi connectivity index (χ1v) is 12.3. The molecule has 4 aliphatic rings. The first-order valence-electron chi connectivity index (χ1n) is 12.3. The molecule has 1 unspecified atom stereocenters. The van der Waals surface area contributed by atoms with Crippen molar-refractivity contribution in [2.75, 3.05) is 19.6 Å². The zero-order valence-electron chi connectivity index (χ0n) is 18.9. The molecule has 0 radical (unpaired) electrons. The van der Waals surface area contributed by atoms with Crippen LogP contribution in [0.15, 0.2) is 57.9 Å². The van der Waals surface area contributed by atoms with E-state index in [2.05, 4.69) is 4.98 Å². The molecular formula is C27H26N4O3. The molecule has 2 amide bonds. The first kappa shape index (κ1) is 19.9. The maximum atomic E-state index is 13.3. The van der Waals surface area contributed by atoms with Gasteiger partial charge in [-0.05, 0) is 62.3 Å². The number of para-hydroxylation sites is 2. The minimum atomic E-state index is -0.545. The second-order valence-electron chi connectivity index (χ2n) is 10.2. The number of oxazole rings is 1. The minimum Gasteiger partial charge on any atom is -0.436 e. The number of carbonyl (C=O) groups is 2. The highest BCUT2D eigenvalue weighted by atomic mass is 16.3. The Balaban J connectivity index is 1.12. The molecule has 7 rings (SSSR count). The fourth-order valence-electron chi connectivity index (χ4n) is 5.28. The van der Waals surface area contributed by atoms with Crippen LogP contribution in [0.5, 0.6) is 0 Å². The molecule has 1 aromatic heterocycles. The van der Waals surface area contributed by atoms with Crippen molar-refractivity contribution in [3.63, 3.8) is 0 Å². The van der Waals surface area contributed by atoms with Crippen molar-refractivity contribution in [3.05, 3.63) is 54.1 Å². The molecule has 34 heavy (non-hydrogen) atoms. The largest absolute Gasteiger partial charge is 0.436 e. The maximum absolute atomic E-state index is 13.3. The van der Waals surface area contributed by atoms with Crippen molar-refractivity contribution in [2.24, 2.45) is 16.8 Å². The van der Waals surface area contributed by atoms with Gasteiger partial charge in [0.25, 0.3) is 5.91 Å². The van der Waals surface area contributed by atoms with Gasteiger partial charge in [0.05, 0.1) is 0 Å². The third-order valence-electron chi connectivity index (χ3n) is 7.59. The topological polar surface area (TPSA) is 79.0 Å². The van der Waals surface area contributed by atoms with Crippen molar-refractivity contribution in [3.8, 4) is 11.5 Å². The Kier molecular flexibility index (Phi) is 4.26. The predicted octanol–water partition coefficient (Wildman–Crippen LogP) is 3.87. The molecule has 2 aliphatic carbocycles. The molecule has 2 aromatic carbocycles. The Morgan fingerprint density at radius 1 is 1.03 bits per heavy atom. The Labute approximate surface area is 197 Å². The van der Waals surface area contributed by atoms with Crippen molar-refractivity contribution in [2.45, 2.75) is 37.6 Å². The number of likely N-dealkylation sites (tertiary alicyclic amines) is 1. The van der Waals surface area contributed by atoms with Crippen LogP contribution in [0.1, 0.15) is 37.7 Å². The van der Waals surface area contributed by atoms with Gasteiger partial charge in [-0.25, -0.2) is 4.98 Å². The second kappa shape index (κ2) is 7.26. The smallest absolute Gasteiger partial charge is 0.256 e. The molecule has 0 N–H and O–H groups in total. The van der Waals surface area contributed by atoms with Crippen LogP contribution in [0.4, 0.5) is 0 Å². The lowest BCUT2D eigenvalue weighted by molar-refractivity contribution is -0.131. The van der Waals surface area contributed by atoms with Crippen molar-refractivity contribution in [1.82, 2.24) is 14.8 Å². The van der Waals surface area contributed by atoms with Gasteiger partial charge in [0.2, 0.25) is 11.8 Å². The molecule has 0 bridgehead atoms. The van der Waals surface area contributed by atoms with E-state index in [1.54, 1.807) is 0 Å². The SMILES string of the molecule is O=C(C1CC1)N1CCC(CN2C(=O)C3(CC3)N=C2c2ccc(-c3nc4ccccc4o3)cc2)C1. The Morgan fingerprint density at radius 2 is 1.79 bits per heavy atom. The van der Waals surface area contributed by atoms with Gasteiger partial charge in [-0.3, -0.25) is 19.5 Å². The monoisotopic (exact) mass is 454 g/mol. The van der Waals surface area contributed by atoms with Crippen molar-refractivity contribution in [1.29, 1.82) is 0 Å². The van der Waals surface area contributed by atoms with Gasteiger partial charge in [-0.15, -0.1) is 0 Å². The summed E-state index contributed by atoms with van der Waals surface area (Å²) in [4.78, 5) is 39.1. The van der Waals surface area contributed by atoms with Gasteiger partial charge in [0, 0.05) is 36.7 Å². The van der Waals surface area contributed by atoms with E-state index in [1.807, 2.05) is 58.3 Å². The lowest BCUT2D eigenvalue weighted by Crippen LogP contribution is -2.40. The first-order chi connectivity index (χ1) is 16.6. The maximum Gasteiger partial charge on any atom is 0.256 e. The molecule has 3 fully saturated rings. The number of amides is 2. The van der Waals surface area contributed by atoms with E-state index in [0.29, 0.717) is 24.3 Å². The third-order valence-corrected chi connectivity index (χ3v) is 7.59. The van der Waals surface area contributed by atoms with Crippen LogP contribution in [0.3, 0.4) is 0 Å². The summed E-state index contributed by atoms with van der Waals surface area (Å²) in [6, 6.07) is 15.7. The van der Waals surface area contributed by atoms with E-state index >= 15 is 0 Å². The quantitative estimate of drug-likeness (QED) is 0.586. The fraction of sp³-hybridized carbons (Fsp3) is 0.407. The lowest BCUT2D eigenvalue weighted by atomic mass is 10.1. The van der Waals surface area contributed by atoms with Crippen LogP contribution in [-0.4, -0.2) is 57.6 Å². The summed E-state index contributed by atoms with van der Waals surface area (Å²) in [5.74, 6) is 2.32. The lowest BCUT2D eigenvalue weighted by Gasteiger charge is -2.23. The van der Waals surface area contributed by atoms with Crippen LogP contribution in [0.2, 0.25) is 0 Å². The summed E-state index contributed by atoms with van der Waals surface area (Å²) in [5.41, 5.74) is 2.87. The van der Waals surface area contributed by atoms with E-state index in [-0.39, 0.29) is 11.8 Å². The highest BCUT2D eigenvalue weighted by molar-refractivity contribution is 6.16. The molecule has 1 saturated heterocycles. The highest BCUT2D eigenvalue weighted by Crippen LogP contribution is 2.46. The molecule has 3 aromatic rings. The average Bonchev–Trinajstić information content (AvgIpc) is 3.75. The summed E-state index contributed by atoms with van der Waals surface area (Å²) < 4.78 is 5.90. The fourth-order valence-corrected chi connectivity index (χ4v) is 5.28. The number of aliphatic imine (C=N–C) groups is 1. The van der Waals surface area contributed by atoms with Gasteiger partial charge >= 0.3 is 0 Å². The van der Waals surface area contributed by atoms with E-state index in [4.69, 9.17) is 9.41 Å². The molecule has 7 heteroatoms. The molecule has 1 spiro atoms. The number of carbonyl (C=O) groups excluding carboxylic acids is 2. The van der Waals surface area contributed by atoms with Crippen LogP contribution in [0.25, 0.3) is 22.6 Å². The van der Waals surface area contributed by atoms with Crippen LogP contribution >= 0.6 is 0 Å². The van der Waals surface area contributed by atoms with E-state index in [0.717, 1.165) is 73.3 Å². The van der Waals surface area contributed by atoms with E-state index in [1.165, 1.54) is 0 Å². The number of hydrogen-bond acceptors (Lipinski definition) is 5. The number of nitrogens with zero attached hydrogens (tertiary/aromatic N) is 4. The summed E-state index contributed by atoms with van der Waals surface area (Å²) in [7, 11) is 0. The number of amidine groups is 1. The van der Waals surface area contributed by atoms with Gasteiger partial charge in [-0.2, -0.15) is 0 Å². The summed E-state index contributed by atoms with van der Waals surface area (Å²) in [6.07, 6.45) is 4.65. The molecule has 3 heterocycles. The number of hydrogen-bond donors (Lipinski definition) is 0. The van der Waals surface area contributed by atoms with E-state index < -0.39 is 5.54 Å².